The van der Waals surface area contributed by atoms with Gasteiger partial charge in [0.15, 0.2) is 5.65 Å². The Morgan fingerprint density at radius 1 is 1.38 bits per heavy atom. The second kappa shape index (κ2) is 6.92. The molecular formula is C18H18ClFN4O2. The van der Waals surface area contributed by atoms with E-state index in [-0.39, 0.29) is 24.4 Å². The molecule has 0 aliphatic heterocycles. The number of hydrogen-bond acceptors (Lipinski definition) is 3. The summed E-state index contributed by atoms with van der Waals surface area (Å²) in [5.41, 5.74) is 2.77. The highest BCUT2D eigenvalue weighted by molar-refractivity contribution is 6.30. The van der Waals surface area contributed by atoms with Gasteiger partial charge >= 0.3 is 0 Å². The number of aromatic nitrogens is 3. The number of pyridine rings is 1. The number of nitrogens with zero attached hydrogens (tertiary/aromatic N) is 2. The lowest BCUT2D eigenvalue weighted by molar-refractivity contribution is -0.120. The van der Waals surface area contributed by atoms with Crippen LogP contribution in [-0.2, 0) is 24.8 Å². The Hall–Kier alpha value is -2.67. The van der Waals surface area contributed by atoms with Gasteiger partial charge < -0.3 is 5.32 Å². The van der Waals surface area contributed by atoms with Crippen molar-refractivity contribution in [2.75, 3.05) is 0 Å². The van der Waals surface area contributed by atoms with Crippen molar-refractivity contribution in [3.63, 3.8) is 0 Å². The number of aromatic amines is 1. The first-order valence-corrected chi connectivity index (χ1v) is 8.41. The Morgan fingerprint density at radius 2 is 2.12 bits per heavy atom. The fourth-order valence-corrected chi connectivity index (χ4v) is 3.15. The number of rotatable bonds is 4. The van der Waals surface area contributed by atoms with Gasteiger partial charge in [-0.2, -0.15) is 0 Å². The first-order chi connectivity index (χ1) is 12.3. The summed E-state index contributed by atoms with van der Waals surface area (Å²) in [6.07, 6.45) is 0.0597. The molecule has 0 atom stereocenters. The van der Waals surface area contributed by atoms with Gasteiger partial charge in [-0.25, -0.2) is 9.37 Å². The first-order valence-electron chi connectivity index (χ1n) is 8.03. The fraction of sp³-hybridized carbons (Fsp3) is 0.278. The third-order valence-electron chi connectivity index (χ3n) is 4.40. The highest BCUT2D eigenvalue weighted by Crippen LogP contribution is 2.20. The minimum Gasteiger partial charge on any atom is -0.352 e. The molecule has 0 spiro atoms. The van der Waals surface area contributed by atoms with E-state index in [0.717, 1.165) is 5.56 Å². The molecular weight excluding hydrogens is 359 g/mol. The number of hydrogen-bond donors (Lipinski definition) is 2. The predicted molar refractivity (Wildman–Crippen MR) is 97.8 cm³/mol. The number of nitrogens with one attached hydrogen (secondary N) is 2. The van der Waals surface area contributed by atoms with Crippen molar-refractivity contribution >= 4 is 28.5 Å². The zero-order valence-corrected chi connectivity index (χ0v) is 15.4. The third-order valence-corrected chi connectivity index (χ3v) is 4.64. The van der Waals surface area contributed by atoms with Crippen LogP contribution in [0.15, 0.2) is 23.0 Å². The average molecular weight is 377 g/mol. The van der Waals surface area contributed by atoms with E-state index in [0.29, 0.717) is 32.9 Å². The molecule has 0 fully saturated rings. The molecule has 0 aliphatic rings. The van der Waals surface area contributed by atoms with Crippen molar-refractivity contribution in [2.24, 2.45) is 7.05 Å². The molecule has 3 rings (SSSR count). The summed E-state index contributed by atoms with van der Waals surface area (Å²) in [5, 5.41) is 6.13. The molecule has 0 saturated heterocycles. The van der Waals surface area contributed by atoms with E-state index in [1.165, 1.54) is 12.1 Å². The van der Waals surface area contributed by atoms with Crippen LogP contribution in [0.25, 0.3) is 11.0 Å². The molecule has 0 radical (unpaired) electrons. The molecule has 0 saturated carbocycles. The number of benzene rings is 1. The van der Waals surface area contributed by atoms with Crippen LogP contribution < -0.4 is 10.9 Å². The summed E-state index contributed by atoms with van der Waals surface area (Å²) in [7, 11) is 1.71. The Morgan fingerprint density at radius 3 is 2.81 bits per heavy atom. The lowest BCUT2D eigenvalue weighted by atomic mass is 10.0. The molecule has 1 amide bonds. The van der Waals surface area contributed by atoms with Gasteiger partial charge in [-0.1, -0.05) is 17.7 Å². The average Bonchev–Trinajstić information content (AvgIpc) is 2.84. The SMILES string of the molecule is Cc1nc2c(c(C)c1CC(=O)NCc1ccc(Cl)cc1F)c(=O)[nH]n2C. The fourth-order valence-electron chi connectivity index (χ4n) is 2.99. The lowest BCUT2D eigenvalue weighted by Gasteiger charge is -2.11. The Labute approximate surface area is 154 Å². The van der Waals surface area contributed by atoms with Crippen LogP contribution in [0.2, 0.25) is 5.02 Å². The van der Waals surface area contributed by atoms with Gasteiger partial charge in [0.1, 0.15) is 5.82 Å². The maximum absolute atomic E-state index is 13.8. The van der Waals surface area contributed by atoms with Crippen LogP contribution in [0.4, 0.5) is 4.39 Å². The summed E-state index contributed by atoms with van der Waals surface area (Å²) in [6, 6.07) is 4.31. The van der Waals surface area contributed by atoms with Gasteiger partial charge in [0.05, 0.1) is 11.8 Å². The molecule has 0 bridgehead atoms. The van der Waals surface area contributed by atoms with Crippen molar-refractivity contribution < 1.29 is 9.18 Å². The van der Waals surface area contributed by atoms with Crippen LogP contribution in [-0.4, -0.2) is 20.7 Å². The largest absolute Gasteiger partial charge is 0.352 e. The number of H-pyrrole nitrogens is 1. The molecule has 8 heteroatoms. The number of fused-ring (bicyclic) bond motifs is 1. The molecule has 6 nitrogen and oxygen atoms in total. The number of halogens is 2. The molecule has 2 heterocycles. The summed E-state index contributed by atoms with van der Waals surface area (Å²) >= 11 is 5.72. The van der Waals surface area contributed by atoms with Crippen LogP contribution in [0, 0.1) is 19.7 Å². The van der Waals surface area contributed by atoms with Crippen LogP contribution >= 0.6 is 11.6 Å². The second-order valence-electron chi connectivity index (χ2n) is 6.19. The zero-order chi connectivity index (χ0) is 19.0. The van der Waals surface area contributed by atoms with Gasteiger partial charge in [0, 0.05) is 29.9 Å². The van der Waals surface area contributed by atoms with E-state index in [1.807, 2.05) is 0 Å². The highest BCUT2D eigenvalue weighted by atomic mass is 35.5. The molecule has 0 unspecified atom stereocenters. The van der Waals surface area contributed by atoms with Gasteiger partial charge in [-0.3, -0.25) is 19.4 Å². The summed E-state index contributed by atoms with van der Waals surface area (Å²) < 4.78 is 15.4. The third kappa shape index (κ3) is 3.35. The normalized spacial score (nSPS) is 11.1. The quantitative estimate of drug-likeness (QED) is 0.734. The topological polar surface area (TPSA) is 79.8 Å². The molecule has 3 aromatic rings. The molecule has 1 aromatic carbocycles. The monoisotopic (exact) mass is 376 g/mol. The van der Waals surface area contributed by atoms with Crippen molar-refractivity contribution in [1.29, 1.82) is 0 Å². The molecule has 0 aliphatic carbocycles. The van der Waals surface area contributed by atoms with E-state index < -0.39 is 5.82 Å². The minimum absolute atomic E-state index is 0.0571. The van der Waals surface area contributed by atoms with E-state index in [1.54, 1.807) is 31.6 Å². The summed E-state index contributed by atoms with van der Waals surface area (Å²) in [4.78, 5) is 28.8. The maximum atomic E-state index is 13.8. The van der Waals surface area contributed by atoms with Crippen molar-refractivity contribution in [3.05, 3.63) is 61.8 Å². The van der Waals surface area contributed by atoms with Gasteiger partial charge in [-0.15, -0.1) is 0 Å². The van der Waals surface area contributed by atoms with E-state index in [2.05, 4.69) is 15.4 Å². The van der Waals surface area contributed by atoms with Gasteiger partial charge in [0.25, 0.3) is 5.56 Å². The first kappa shape index (κ1) is 18.1. The van der Waals surface area contributed by atoms with E-state index in [9.17, 15) is 14.0 Å². The Balaban J connectivity index is 1.81. The van der Waals surface area contributed by atoms with E-state index >= 15 is 0 Å². The molecule has 26 heavy (non-hydrogen) atoms. The highest BCUT2D eigenvalue weighted by Gasteiger charge is 2.17. The van der Waals surface area contributed by atoms with Crippen molar-refractivity contribution in [3.8, 4) is 0 Å². The second-order valence-corrected chi connectivity index (χ2v) is 6.62. The van der Waals surface area contributed by atoms with Crippen LogP contribution in [0.3, 0.4) is 0 Å². The standard InChI is InChI=1S/C18H18ClFN4O2/c1-9-13(10(2)22-17-16(9)18(26)23-24(17)3)7-15(25)21-8-11-4-5-12(19)6-14(11)20/h4-6H,7-8H2,1-3H3,(H,21,25)(H,23,26). The Kier molecular flexibility index (Phi) is 4.82. The molecule has 2 N–H and O–H groups in total. The summed E-state index contributed by atoms with van der Waals surface area (Å²) in [6.45, 7) is 3.65. The lowest BCUT2D eigenvalue weighted by Crippen LogP contribution is -2.26. The molecule has 136 valence electrons. The smallest absolute Gasteiger partial charge is 0.273 e. The number of carbonyl (C=O) groups excluding carboxylic acids is 1. The van der Waals surface area contributed by atoms with Crippen molar-refractivity contribution in [1.82, 2.24) is 20.1 Å². The summed E-state index contributed by atoms with van der Waals surface area (Å²) in [5.74, 6) is -0.747. The Bertz CT molecular complexity index is 1070. The number of amides is 1. The predicted octanol–water partition coefficient (Wildman–Crippen LogP) is 2.53. The van der Waals surface area contributed by atoms with Crippen molar-refractivity contribution in [2.45, 2.75) is 26.8 Å². The van der Waals surface area contributed by atoms with Crippen LogP contribution in [0.5, 0.6) is 0 Å². The number of carbonyl (C=O) groups is 1. The van der Waals surface area contributed by atoms with Gasteiger partial charge in [-0.05, 0) is 37.1 Å². The van der Waals surface area contributed by atoms with Gasteiger partial charge in [0.2, 0.25) is 5.91 Å². The maximum Gasteiger partial charge on any atom is 0.273 e. The van der Waals surface area contributed by atoms with E-state index in [4.69, 9.17) is 11.6 Å². The zero-order valence-electron chi connectivity index (χ0n) is 14.6. The minimum atomic E-state index is -0.468. The van der Waals surface area contributed by atoms with Crippen LogP contribution in [0.1, 0.15) is 22.4 Å². The molecule has 2 aromatic heterocycles. The number of aryl methyl sites for hydroxylation is 3.